The Bertz CT molecular complexity index is 509. The molecule has 1 atom stereocenters. The summed E-state index contributed by atoms with van der Waals surface area (Å²) in [4.78, 5) is 0. The first kappa shape index (κ1) is 43.5. The minimum absolute atomic E-state index is 0.0281. The van der Waals surface area contributed by atoms with Crippen molar-refractivity contribution in [3.8, 4) is 0 Å². The number of aliphatic hydroxyl groups is 1. The molecule has 12 nitrogen and oxygen atoms in total. The van der Waals surface area contributed by atoms with Gasteiger partial charge in [-0.3, -0.25) is 0 Å². The minimum Gasteiger partial charge on any atom is -0.394 e. The molecule has 0 rings (SSSR count). The van der Waals surface area contributed by atoms with Gasteiger partial charge in [0, 0.05) is 0 Å². The van der Waals surface area contributed by atoms with Crippen LogP contribution < -0.4 is 5.73 Å². The van der Waals surface area contributed by atoms with Gasteiger partial charge in [-0.15, -0.1) is 0 Å². The lowest BCUT2D eigenvalue weighted by molar-refractivity contribution is -0.0300. The number of hydrogen-bond donors (Lipinski definition) is 2. The molecule has 0 aliphatic heterocycles. The molecule has 0 aromatic heterocycles. The van der Waals surface area contributed by atoms with E-state index < -0.39 is 0 Å². The SMILES string of the molecule is CCCCCCCCCCCC(N)OCCOCCOCCOCCOCCOCCOCCOCCOCCOCCO. The molecule has 0 aliphatic carbocycles. The lowest BCUT2D eigenvalue weighted by atomic mass is 10.1. The molecule has 266 valence electrons. The lowest BCUT2D eigenvalue weighted by Crippen LogP contribution is -2.25. The van der Waals surface area contributed by atoms with Crippen molar-refractivity contribution in [1.29, 1.82) is 0 Å². The summed E-state index contributed by atoms with van der Waals surface area (Å²) in [7, 11) is 0. The fraction of sp³-hybridized carbons (Fsp3) is 1.00. The van der Waals surface area contributed by atoms with Crippen molar-refractivity contribution in [2.24, 2.45) is 5.73 Å². The Morgan fingerprint density at radius 3 is 0.977 bits per heavy atom. The Morgan fingerprint density at radius 1 is 0.386 bits per heavy atom. The molecule has 0 aliphatic rings. The summed E-state index contributed by atoms with van der Waals surface area (Å²) in [5.41, 5.74) is 6.03. The van der Waals surface area contributed by atoms with E-state index in [1.807, 2.05) is 0 Å². The molecule has 0 amide bonds. The van der Waals surface area contributed by atoms with Crippen LogP contribution in [0, 0.1) is 0 Å². The van der Waals surface area contributed by atoms with Crippen molar-refractivity contribution in [2.75, 3.05) is 132 Å². The van der Waals surface area contributed by atoms with E-state index in [1.54, 1.807) is 0 Å². The summed E-state index contributed by atoms with van der Waals surface area (Å²) >= 11 is 0. The van der Waals surface area contributed by atoms with Crippen LogP contribution in [0.4, 0.5) is 0 Å². The zero-order chi connectivity index (χ0) is 31.9. The van der Waals surface area contributed by atoms with Gasteiger partial charge in [0.15, 0.2) is 0 Å². The van der Waals surface area contributed by atoms with E-state index in [9.17, 15) is 0 Å². The second kappa shape index (κ2) is 40.5. The third-order valence-electron chi connectivity index (χ3n) is 6.36. The van der Waals surface area contributed by atoms with E-state index in [4.69, 9.17) is 58.2 Å². The van der Waals surface area contributed by atoms with Crippen LogP contribution >= 0.6 is 0 Å². The van der Waals surface area contributed by atoms with Gasteiger partial charge in [-0.2, -0.15) is 0 Å². The molecule has 0 heterocycles. The monoisotopic (exact) mass is 641 g/mol. The number of hydrogen-bond acceptors (Lipinski definition) is 12. The second-order valence-electron chi connectivity index (χ2n) is 10.3. The number of rotatable bonds is 40. The number of aliphatic hydroxyl groups excluding tert-OH is 1. The normalized spacial score (nSPS) is 12.3. The smallest absolute Gasteiger partial charge is 0.105 e. The Hall–Kier alpha value is -0.480. The Morgan fingerprint density at radius 2 is 0.659 bits per heavy atom. The van der Waals surface area contributed by atoms with Crippen LogP contribution in [-0.2, 0) is 47.4 Å². The van der Waals surface area contributed by atoms with Crippen LogP contribution in [0.3, 0.4) is 0 Å². The van der Waals surface area contributed by atoms with Gasteiger partial charge in [0.25, 0.3) is 0 Å². The molecule has 0 radical (unpaired) electrons. The maximum absolute atomic E-state index is 8.58. The van der Waals surface area contributed by atoms with Crippen molar-refractivity contribution in [3.63, 3.8) is 0 Å². The van der Waals surface area contributed by atoms with Crippen molar-refractivity contribution >= 4 is 0 Å². The van der Waals surface area contributed by atoms with Crippen LogP contribution in [0.1, 0.15) is 71.1 Å². The first-order chi connectivity index (χ1) is 21.8. The minimum atomic E-state index is -0.197. The predicted molar refractivity (Wildman–Crippen MR) is 170 cm³/mol. The van der Waals surface area contributed by atoms with Gasteiger partial charge in [0.2, 0.25) is 0 Å². The highest BCUT2D eigenvalue weighted by atomic mass is 16.6. The first-order valence-electron chi connectivity index (χ1n) is 17.0. The van der Waals surface area contributed by atoms with Gasteiger partial charge >= 0.3 is 0 Å². The molecule has 0 fully saturated rings. The van der Waals surface area contributed by atoms with E-state index in [-0.39, 0.29) is 12.8 Å². The highest BCUT2D eigenvalue weighted by molar-refractivity contribution is 4.52. The van der Waals surface area contributed by atoms with E-state index in [1.165, 1.54) is 51.4 Å². The molecule has 0 aromatic rings. The van der Waals surface area contributed by atoms with E-state index in [2.05, 4.69) is 6.92 Å². The van der Waals surface area contributed by atoms with E-state index in [0.717, 1.165) is 12.8 Å². The van der Waals surface area contributed by atoms with Crippen molar-refractivity contribution in [1.82, 2.24) is 0 Å². The summed E-state index contributed by atoms with van der Waals surface area (Å²) in [6.45, 7) is 11.8. The van der Waals surface area contributed by atoms with Crippen LogP contribution in [-0.4, -0.2) is 143 Å². The molecule has 3 N–H and O–H groups in total. The molecule has 0 bridgehead atoms. The number of unbranched alkanes of at least 4 members (excludes halogenated alkanes) is 8. The number of ether oxygens (including phenoxy) is 10. The average molecular weight is 642 g/mol. The van der Waals surface area contributed by atoms with Crippen molar-refractivity contribution in [3.05, 3.63) is 0 Å². The quantitative estimate of drug-likeness (QED) is 0.0750. The van der Waals surface area contributed by atoms with Gasteiger partial charge < -0.3 is 58.2 Å². The summed E-state index contributed by atoms with van der Waals surface area (Å²) in [6, 6.07) is 0. The summed E-state index contributed by atoms with van der Waals surface area (Å²) in [5, 5.41) is 8.58. The Balaban J connectivity index is 3.10. The largest absolute Gasteiger partial charge is 0.394 e. The van der Waals surface area contributed by atoms with Gasteiger partial charge in [0.05, 0.1) is 132 Å². The molecule has 0 saturated carbocycles. The highest BCUT2D eigenvalue weighted by Gasteiger charge is 2.02. The first-order valence-corrected chi connectivity index (χ1v) is 17.0. The summed E-state index contributed by atoms with van der Waals surface area (Å²) in [6.07, 6.45) is 12.5. The molecular weight excluding hydrogens is 574 g/mol. The molecular formula is C32H67NO11. The maximum Gasteiger partial charge on any atom is 0.105 e. The fourth-order valence-electron chi connectivity index (χ4n) is 3.92. The van der Waals surface area contributed by atoms with Crippen molar-refractivity contribution in [2.45, 2.75) is 77.4 Å². The Labute approximate surface area is 267 Å². The van der Waals surface area contributed by atoms with Crippen molar-refractivity contribution < 1.29 is 52.5 Å². The Kier molecular flexibility index (Phi) is 40.1. The topological polar surface area (TPSA) is 139 Å². The molecule has 12 heteroatoms. The average Bonchev–Trinajstić information content (AvgIpc) is 3.03. The maximum atomic E-state index is 8.58. The number of nitrogens with two attached hydrogens (primary N) is 1. The third kappa shape index (κ3) is 39.5. The molecule has 1 unspecified atom stereocenters. The lowest BCUT2D eigenvalue weighted by Gasteiger charge is -2.13. The zero-order valence-electron chi connectivity index (χ0n) is 27.9. The summed E-state index contributed by atoms with van der Waals surface area (Å²) < 4.78 is 54.4. The second-order valence-corrected chi connectivity index (χ2v) is 10.3. The van der Waals surface area contributed by atoms with Crippen LogP contribution in [0.5, 0.6) is 0 Å². The van der Waals surface area contributed by atoms with E-state index >= 15 is 0 Å². The van der Waals surface area contributed by atoms with Crippen LogP contribution in [0.2, 0.25) is 0 Å². The van der Waals surface area contributed by atoms with E-state index in [0.29, 0.717) is 126 Å². The third-order valence-corrected chi connectivity index (χ3v) is 6.36. The molecule has 0 spiro atoms. The van der Waals surface area contributed by atoms with Gasteiger partial charge in [-0.1, -0.05) is 58.3 Å². The standard InChI is InChI=1S/C32H67NO11/c1-2-3-4-5-6-7-8-9-10-11-32(33)44-31-30-43-29-28-42-27-26-41-25-24-40-23-22-39-21-20-38-19-18-37-17-16-36-15-14-35-13-12-34/h32,34H,2-31,33H2,1H3. The van der Waals surface area contributed by atoms with Crippen LogP contribution in [0.15, 0.2) is 0 Å². The highest BCUT2D eigenvalue weighted by Crippen LogP contribution is 2.11. The van der Waals surface area contributed by atoms with Gasteiger partial charge in [-0.05, 0) is 12.8 Å². The molecule has 0 saturated heterocycles. The fourth-order valence-corrected chi connectivity index (χ4v) is 3.92. The zero-order valence-corrected chi connectivity index (χ0v) is 27.9. The van der Waals surface area contributed by atoms with Crippen LogP contribution in [0.25, 0.3) is 0 Å². The molecule has 0 aromatic carbocycles. The summed E-state index contributed by atoms with van der Waals surface area (Å²) in [5.74, 6) is 0. The molecule has 44 heavy (non-hydrogen) atoms. The van der Waals surface area contributed by atoms with Gasteiger partial charge in [-0.25, -0.2) is 0 Å². The van der Waals surface area contributed by atoms with Gasteiger partial charge in [0.1, 0.15) is 6.23 Å². The predicted octanol–water partition coefficient (Wildman–Crippen LogP) is 3.35.